The number of phenols is 1. The molecule has 86 valence electrons. The lowest BCUT2D eigenvalue weighted by atomic mass is 10.2. The summed E-state index contributed by atoms with van der Waals surface area (Å²) in [5, 5.41) is 9.59. The fourth-order valence-corrected chi connectivity index (χ4v) is 1.77. The second-order valence-electron chi connectivity index (χ2n) is 3.75. The Morgan fingerprint density at radius 2 is 1.94 bits per heavy atom. The van der Waals surface area contributed by atoms with Crippen molar-refractivity contribution >= 4 is 27.8 Å². The number of aryl methyl sites for hydroxylation is 1. The maximum atomic E-state index is 9.59. The molecular weight excluding hydrogens is 278 g/mol. The average Bonchev–Trinajstić information content (AvgIpc) is 2.32. The molecule has 17 heavy (non-hydrogen) atoms. The number of nitrogens with zero attached hydrogens (tertiary/aromatic N) is 1. The molecule has 0 aromatic heterocycles. The van der Waals surface area contributed by atoms with E-state index in [1.165, 1.54) is 5.56 Å². The van der Waals surface area contributed by atoms with E-state index >= 15 is 0 Å². The number of benzene rings is 2. The Kier molecular flexibility index (Phi) is 3.59. The van der Waals surface area contributed by atoms with Gasteiger partial charge in [-0.15, -0.1) is 0 Å². The van der Waals surface area contributed by atoms with Crippen LogP contribution < -0.4 is 0 Å². The Hall–Kier alpha value is -1.61. The minimum Gasteiger partial charge on any atom is -0.507 e. The SMILES string of the molecule is Cc1ccc(N=Cc2ccccc2O)cc1Br. The smallest absolute Gasteiger partial charge is 0.124 e. The Balaban J connectivity index is 2.26. The van der Waals surface area contributed by atoms with Crippen LogP contribution in [0.3, 0.4) is 0 Å². The Morgan fingerprint density at radius 1 is 1.18 bits per heavy atom. The highest BCUT2D eigenvalue weighted by Crippen LogP contribution is 2.23. The topological polar surface area (TPSA) is 32.6 Å². The van der Waals surface area contributed by atoms with Gasteiger partial charge in [0.05, 0.1) is 5.69 Å². The molecule has 0 bridgehead atoms. The number of aromatic hydroxyl groups is 1. The van der Waals surface area contributed by atoms with E-state index in [0.717, 1.165) is 10.2 Å². The second kappa shape index (κ2) is 5.15. The first-order valence-electron chi connectivity index (χ1n) is 5.25. The van der Waals surface area contributed by atoms with Crippen LogP contribution in [0.5, 0.6) is 5.75 Å². The van der Waals surface area contributed by atoms with E-state index in [4.69, 9.17) is 0 Å². The van der Waals surface area contributed by atoms with Crippen molar-refractivity contribution in [2.75, 3.05) is 0 Å². The summed E-state index contributed by atoms with van der Waals surface area (Å²) in [4.78, 5) is 4.32. The minimum atomic E-state index is 0.238. The van der Waals surface area contributed by atoms with Gasteiger partial charge in [-0.1, -0.05) is 34.1 Å². The average molecular weight is 290 g/mol. The molecule has 0 atom stereocenters. The largest absolute Gasteiger partial charge is 0.507 e. The van der Waals surface area contributed by atoms with E-state index in [2.05, 4.69) is 20.9 Å². The zero-order valence-electron chi connectivity index (χ0n) is 9.39. The van der Waals surface area contributed by atoms with Gasteiger partial charge in [0.15, 0.2) is 0 Å². The van der Waals surface area contributed by atoms with Crippen LogP contribution >= 0.6 is 15.9 Å². The van der Waals surface area contributed by atoms with Crippen molar-refractivity contribution in [2.24, 2.45) is 4.99 Å². The summed E-state index contributed by atoms with van der Waals surface area (Å²) in [6.07, 6.45) is 1.66. The van der Waals surface area contributed by atoms with Gasteiger partial charge < -0.3 is 5.11 Å². The highest BCUT2D eigenvalue weighted by Gasteiger charge is 1.97. The van der Waals surface area contributed by atoms with E-state index in [1.807, 2.05) is 37.3 Å². The van der Waals surface area contributed by atoms with E-state index < -0.39 is 0 Å². The maximum absolute atomic E-state index is 9.59. The quantitative estimate of drug-likeness (QED) is 0.825. The van der Waals surface area contributed by atoms with Crippen LogP contribution in [0.1, 0.15) is 11.1 Å². The van der Waals surface area contributed by atoms with Gasteiger partial charge in [0.1, 0.15) is 5.75 Å². The molecule has 0 aliphatic rings. The van der Waals surface area contributed by atoms with Crippen LogP contribution in [-0.4, -0.2) is 11.3 Å². The molecule has 3 heteroatoms. The Labute approximate surface area is 109 Å². The summed E-state index contributed by atoms with van der Waals surface area (Å²) in [5.41, 5.74) is 2.74. The van der Waals surface area contributed by atoms with Crippen molar-refractivity contribution in [3.8, 4) is 5.75 Å². The molecule has 0 aliphatic carbocycles. The fourth-order valence-electron chi connectivity index (χ4n) is 1.40. The van der Waals surface area contributed by atoms with Crippen molar-refractivity contribution in [3.05, 3.63) is 58.1 Å². The first-order valence-corrected chi connectivity index (χ1v) is 6.04. The van der Waals surface area contributed by atoms with Crippen LogP contribution in [-0.2, 0) is 0 Å². The highest BCUT2D eigenvalue weighted by molar-refractivity contribution is 9.10. The molecule has 2 rings (SSSR count). The number of para-hydroxylation sites is 1. The number of halogens is 1. The highest BCUT2D eigenvalue weighted by atomic mass is 79.9. The lowest BCUT2D eigenvalue weighted by molar-refractivity contribution is 0.474. The van der Waals surface area contributed by atoms with E-state index in [9.17, 15) is 5.11 Å². The zero-order chi connectivity index (χ0) is 12.3. The molecule has 0 spiro atoms. The van der Waals surface area contributed by atoms with E-state index in [1.54, 1.807) is 18.3 Å². The van der Waals surface area contributed by atoms with Gasteiger partial charge in [-0.05, 0) is 36.8 Å². The second-order valence-corrected chi connectivity index (χ2v) is 4.60. The zero-order valence-corrected chi connectivity index (χ0v) is 11.0. The molecule has 0 aliphatic heterocycles. The number of hydrogen-bond acceptors (Lipinski definition) is 2. The number of aliphatic imine (C=N–C) groups is 1. The molecule has 0 fully saturated rings. The Morgan fingerprint density at radius 3 is 2.65 bits per heavy atom. The summed E-state index contributed by atoms with van der Waals surface area (Å²) in [6, 6.07) is 13.0. The van der Waals surface area contributed by atoms with Crippen molar-refractivity contribution < 1.29 is 5.11 Å². The minimum absolute atomic E-state index is 0.238. The van der Waals surface area contributed by atoms with Crippen LogP contribution in [0.15, 0.2) is 51.9 Å². The summed E-state index contributed by atoms with van der Waals surface area (Å²) in [7, 11) is 0. The van der Waals surface area contributed by atoms with E-state index in [0.29, 0.717) is 5.56 Å². The van der Waals surface area contributed by atoms with Gasteiger partial charge in [0.25, 0.3) is 0 Å². The maximum Gasteiger partial charge on any atom is 0.124 e. The third-order valence-corrected chi connectivity index (χ3v) is 3.30. The number of phenolic OH excluding ortho intramolecular Hbond substituents is 1. The molecule has 2 aromatic carbocycles. The van der Waals surface area contributed by atoms with Gasteiger partial charge >= 0.3 is 0 Å². The molecule has 2 nitrogen and oxygen atoms in total. The van der Waals surface area contributed by atoms with E-state index in [-0.39, 0.29) is 5.75 Å². The lowest BCUT2D eigenvalue weighted by Crippen LogP contribution is -1.81. The van der Waals surface area contributed by atoms with Crippen LogP contribution in [0, 0.1) is 6.92 Å². The molecule has 0 saturated heterocycles. The van der Waals surface area contributed by atoms with Crippen molar-refractivity contribution in [1.82, 2.24) is 0 Å². The van der Waals surface area contributed by atoms with Gasteiger partial charge in [-0.2, -0.15) is 0 Å². The first-order chi connectivity index (χ1) is 8.16. The van der Waals surface area contributed by atoms with Gasteiger partial charge in [0, 0.05) is 16.3 Å². The van der Waals surface area contributed by atoms with Crippen molar-refractivity contribution in [1.29, 1.82) is 0 Å². The molecule has 0 radical (unpaired) electrons. The summed E-state index contributed by atoms with van der Waals surface area (Å²) >= 11 is 3.46. The fraction of sp³-hybridized carbons (Fsp3) is 0.0714. The van der Waals surface area contributed by atoms with Crippen LogP contribution in [0.2, 0.25) is 0 Å². The molecule has 2 aromatic rings. The standard InChI is InChI=1S/C14H12BrNO/c1-10-6-7-12(8-13(10)15)16-9-11-4-2-3-5-14(11)17/h2-9,17H,1H3. The molecule has 0 unspecified atom stereocenters. The number of hydrogen-bond donors (Lipinski definition) is 1. The lowest BCUT2D eigenvalue weighted by Gasteiger charge is -2.00. The monoisotopic (exact) mass is 289 g/mol. The van der Waals surface area contributed by atoms with Crippen molar-refractivity contribution in [2.45, 2.75) is 6.92 Å². The third kappa shape index (κ3) is 2.94. The number of rotatable bonds is 2. The summed E-state index contributed by atoms with van der Waals surface area (Å²) < 4.78 is 1.03. The molecular formula is C14H12BrNO. The predicted octanol–water partition coefficient (Wildman–Crippen LogP) is 4.21. The molecule has 0 saturated carbocycles. The molecule has 1 N–H and O–H groups in total. The predicted molar refractivity (Wildman–Crippen MR) is 74.2 cm³/mol. The van der Waals surface area contributed by atoms with Crippen molar-refractivity contribution in [3.63, 3.8) is 0 Å². The summed E-state index contributed by atoms with van der Waals surface area (Å²) in [6.45, 7) is 2.03. The van der Waals surface area contributed by atoms with Gasteiger partial charge in [-0.3, -0.25) is 4.99 Å². The Bertz CT molecular complexity index is 564. The third-order valence-electron chi connectivity index (χ3n) is 2.44. The normalized spacial score (nSPS) is 10.9. The summed E-state index contributed by atoms with van der Waals surface area (Å²) in [5.74, 6) is 0.238. The van der Waals surface area contributed by atoms with Crippen LogP contribution in [0.4, 0.5) is 5.69 Å². The van der Waals surface area contributed by atoms with Gasteiger partial charge in [0.2, 0.25) is 0 Å². The molecule has 0 heterocycles. The molecule has 0 amide bonds. The van der Waals surface area contributed by atoms with Crippen LogP contribution in [0.25, 0.3) is 0 Å². The van der Waals surface area contributed by atoms with Gasteiger partial charge in [-0.25, -0.2) is 0 Å². The first kappa shape index (κ1) is 11.9.